The van der Waals surface area contributed by atoms with Gasteiger partial charge in [0.1, 0.15) is 16.3 Å². The van der Waals surface area contributed by atoms with Crippen molar-refractivity contribution >= 4 is 55.5 Å². The van der Waals surface area contributed by atoms with Crippen LogP contribution in [0.5, 0.6) is 0 Å². The number of nitrogens with one attached hydrogen (secondary N) is 1. The molecular weight excluding hydrogens is 452 g/mol. The average molecular weight is 469 g/mol. The minimum atomic E-state index is -0.193. The topological polar surface area (TPSA) is 73.0 Å². The second-order valence-electron chi connectivity index (χ2n) is 7.07. The number of hydrogen-bond acceptors (Lipinski definition) is 6. The van der Waals surface area contributed by atoms with Crippen LogP contribution in [0.1, 0.15) is 26.7 Å². The molecule has 0 fully saturated rings. The molecule has 0 aliphatic carbocycles. The average Bonchev–Trinajstić information content (AvgIpc) is 3.50. The van der Waals surface area contributed by atoms with Crippen molar-refractivity contribution in [3.63, 3.8) is 0 Å². The first kappa shape index (κ1) is 20.0. The number of fused-ring (bicyclic) bond motifs is 1. The molecule has 1 aromatic carbocycles. The zero-order valence-electron chi connectivity index (χ0n) is 16.7. The van der Waals surface area contributed by atoms with Crippen LogP contribution in [0.15, 0.2) is 52.3 Å². The van der Waals surface area contributed by atoms with Crippen LogP contribution in [0.4, 0.5) is 5.13 Å². The van der Waals surface area contributed by atoms with Crippen LogP contribution >= 0.6 is 34.3 Å². The Kier molecular flexibility index (Phi) is 5.13. The number of furan rings is 1. The van der Waals surface area contributed by atoms with Crippen molar-refractivity contribution in [3.05, 3.63) is 74.8 Å². The Hall–Kier alpha value is -2.94. The summed E-state index contributed by atoms with van der Waals surface area (Å²) < 4.78 is 7.50. The first-order valence-electron chi connectivity index (χ1n) is 9.52. The highest BCUT2D eigenvalue weighted by molar-refractivity contribution is 7.20. The van der Waals surface area contributed by atoms with E-state index in [9.17, 15) is 4.79 Å². The number of carbonyl (C=O) groups excluding carboxylic acids is 1. The van der Waals surface area contributed by atoms with E-state index in [2.05, 4.69) is 15.4 Å². The molecular formula is C22H17ClN4O2S2. The molecule has 156 valence electrons. The molecule has 6 nitrogen and oxygen atoms in total. The maximum Gasteiger partial charge on any atom is 0.267 e. The van der Waals surface area contributed by atoms with Gasteiger partial charge in [-0.15, -0.1) is 22.7 Å². The number of carbonyl (C=O) groups is 1. The van der Waals surface area contributed by atoms with E-state index in [4.69, 9.17) is 16.0 Å². The summed E-state index contributed by atoms with van der Waals surface area (Å²) in [5.74, 6) is 1.31. The number of nitrogens with zero attached hydrogens (tertiary/aromatic N) is 3. The second kappa shape index (κ2) is 7.96. The summed E-state index contributed by atoms with van der Waals surface area (Å²) in [7, 11) is 0. The van der Waals surface area contributed by atoms with Crippen LogP contribution in [0.3, 0.4) is 0 Å². The van der Waals surface area contributed by atoms with Crippen LogP contribution in [0, 0.1) is 13.8 Å². The molecule has 0 aliphatic rings. The Morgan fingerprint density at radius 3 is 2.84 bits per heavy atom. The predicted octanol–water partition coefficient (Wildman–Crippen LogP) is 6.39. The molecule has 0 unspecified atom stereocenters. The van der Waals surface area contributed by atoms with E-state index in [0.29, 0.717) is 33.0 Å². The lowest BCUT2D eigenvalue weighted by atomic mass is 10.2. The highest BCUT2D eigenvalue weighted by atomic mass is 35.5. The van der Waals surface area contributed by atoms with E-state index in [0.717, 1.165) is 27.2 Å². The number of anilines is 1. The molecule has 31 heavy (non-hydrogen) atoms. The van der Waals surface area contributed by atoms with E-state index in [1.807, 2.05) is 66.4 Å². The number of hydrogen-bond donors (Lipinski definition) is 1. The Labute approximate surface area is 191 Å². The largest absolute Gasteiger partial charge is 0.460 e. The minimum absolute atomic E-state index is 0.193. The van der Waals surface area contributed by atoms with E-state index in [1.54, 1.807) is 0 Å². The quantitative estimate of drug-likeness (QED) is 0.324. The molecule has 5 rings (SSSR count). The Morgan fingerprint density at radius 2 is 2.06 bits per heavy atom. The molecule has 1 amide bonds. The van der Waals surface area contributed by atoms with Crippen LogP contribution in [0.2, 0.25) is 5.02 Å². The third kappa shape index (κ3) is 3.89. The van der Waals surface area contributed by atoms with Gasteiger partial charge < -0.3 is 4.42 Å². The van der Waals surface area contributed by atoms with Gasteiger partial charge >= 0.3 is 0 Å². The van der Waals surface area contributed by atoms with Gasteiger partial charge in [0, 0.05) is 15.8 Å². The first-order chi connectivity index (χ1) is 15.0. The SMILES string of the molecule is Cc1ccc(-c2csc(NC(=O)c3cc4c(C)nn(Cc5ccccc5Cl)c4s3)n2)o1. The fraction of sp³-hybridized carbons (Fsp3) is 0.136. The Bertz CT molecular complexity index is 1410. The third-order valence-corrected chi connectivity index (χ3v) is 7.10. The van der Waals surface area contributed by atoms with Crippen LogP contribution in [-0.2, 0) is 6.54 Å². The van der Waals surface area contributed by atoms with Crippen molar-refractivity contribution < 1.29 is 9.21 Å². The van der Waals surface area contributed by atoms with Crippen molar-refractivity contribution in [3.8, 4) is 11.5 Å². The number of amides is 1. The molecule has 0 aliphatic heterocycles. The summed E-state index contributed by atoms with van der Waals surface area (Å²) in [5.41, 5.74) is 2.56. The lowest BCUT2D eigenvalue weighted by Gasteiger charge is -2.05. The van der Waals surface area contributed by atoms with E-state index < -0.39 is 0 Å². The molecule has 5 aromatic rings. The van der Waals surface area contributed by atoms with Gasteiger partial charge in [0.15, 0.2) is 10.9 Å². The van der Waals surface area contributed by atoms with Crippen molar-refractivity contribution in [2.45, 2.75) is 20.4 Å². The summed E-state index contributed by atoms with van der Waals surface area (Å²) in [6.07, 6.45) is 0. The Balaban J connectivity index is 1.39. The molecule has 9 heteroatoms. The van der Waals surface area contributed by atoms with Gasteiger partial charge in [-0.1, -0.05) is 29.8 Å². The number of rotatable bonds is 5. The fourth-order valence-corrected chi connectivity index (χ4v) is 5.24. The van der Waals surface area contributed by atoms with Gasteiger partial charge in [-0.3, -0.25) is 14.8 Å². The van der Waals surface area contributed by atoms with Gasteiger partial charge in [0.25, 0.3) is 5.91 Å². The summed E-state index contributed by atoms with van der Waals surface area (Å²) >= 11 is 9.08. The predicted molar refractivity (Wildman–Crippen MR) is 125 cm³/mol. The third-order valence-electron chi connectivity index (χ3n) is 4.83. The molecule has 4 aromatic heterocycles. The number of aryl methyl sites for hydroxylation is 2. The highest BCUT2D eigenvalue weighted by Gasteiger charge is 2.18. The van der Waals surface area contributed by atoms with Gasteiger partial charge in [0.05, 0.1) is 17.1 Å². The monoisotopic (exact) mass is 468 g/mol. The number of thiazole rings is 1. The molecule has 4 heterocycles. The van der Waals surface area contributed by atoms with Crippen LogP contribution in [0.25, 0.3) is 21.7 Å². The van der Waals surface area contributed by atoms with Gasteiger partial charge in [0.2, 0.25) is 0 Å². The standard InChI is InChI=1S/C22H17ClN4O2S2/c1-12-7-8-18(29-12)17-11-30-22(24-17)25-20(28)19-9-15-13(2)26-27(21(15)31-19)10-14-5-3-4-6-16(14)23/h3-9,11H,10H2,1-2H3,(H,24,25,28). The van der Waals surface area contributed by atoms with E-state index >= 15 is 0 Å². The van der Waals surface area contributed by atoms with Crippen molar-refractivity contribution in [2.24, 2.45) is 0 Å². The molecule has 0 atom stereocenters. The van der Waals surface area contributed by atoms with Crippen molar-refractivity contribution in [1.82, 2.24) is 14.8 Å². The van der Waals surface area contributed by atoms with Gasteiger partial charge in [-0.2, -0.15) is 5.10 Å². The van der Waals surface area contributed by atoms with Crippen molar-refractivity contribution in [1.29, 1.82) is 0 Å². The summed E-state index contributed by atoms with van der Waals surface area (Å²) in [5, 5.41) is 11.6. The smallest absolute Gasteiger partial charge is 0.267 e. The van der Waals surface area contributed by atoms with E-state index in [1.165, 1.54) is 22.7 Å². The first-order valence-corrected chi connectivity index (χ1v) is 11.6. The maximum atomic E-state index is 12.9. The molecule has 0 spiro atoms. The number of benzene rings is 1. The minimum Gasteiger partial charge on any atom is -0.460 e. The summed E-state index contributed by atoms with van der Waals surface area (Å²) in [4.78, 5) is 18.9. The lowest BCUT2D eigenvalue weighted by molar-refractivity contribution is 0.103. The number of aromatic nitrogens is 3. The zero-order chi connectivity index (χ0) is 21.5. The Morgan fingerprint density at radius 1 is 1.23 bits per heavy atom. The second-order valence-corrected chi connectivity index (χ2v) is 9.36. The molecule has 0 bridgehead atoms. The summed E-state index contributed by atoms with van der Waals surface area (Å²) in [6.45, 7) is 4.37. The zero-order valence-corrected chi connectivity index (χ0v) is 19.1. The van der Waals surface area contributed by atoms with Crippen LogP contribution < -0.4 is 5.32 Å². The lowest BCUT2D eigenvalue weighted by Crippen LogP contribution is -2.09. The van der Waals surface area contributed by atoms with Crippen molar-refractivity contribution in [2.75, 3.05) is 5.32 Å². The maximum absolute atomic E-state index is 12.9. The fourth-order valence-electron chi connectivity index (χ4n) is 3.29. The van der Waals surface area contributed by atoms with Crippen LogP contribution in [-0.4, -0.2) is 20.7 Å². The van der Waals surface area contributed by atoms with Gasteiger partial charge in [-0.05, 0) is 43.7 Å². The molecule has 1 N–H and O–H groups in total. The molecule has 0 saturated heterocycles. The number of halogens is 1. The van der Waals surface area contributed by atoms with Gasteiger partial charge in [-0.25, -0.2) is 4.98 Å². The molecule has 0 saturated carbocycles. The highest BCUT2D eigenvalue weighted by Crippen LogP contribution is 2.31. The molecule has 0 radical (unpaired) electrons. The van der Waals surface area contributed by atoms with E-state index in [-0.39, 0.29) is 5.91 Å². The normalized spacial score (nSPS) is 11.3. The number of thiophene rings is 1. The summed E-state index contributed by atoms with van der Waals surface area (Å²) in [6, 6.07) is 13.3.